The van der Waals surface area contributed by atoms with Crippen LogP contribution in [0.2, 0.25) is 0 Å². The van der Waals surface area contributed by atoms with Gasteiger partial charge in [-0.3, -0.25) is 0 Å². The van der Waals surface area contributed by atoms with E-state index in [4.69, 9.17) is 5.84 Å². The lowest BCUT2D eigenvalue weighted by atomic mass is 10.1. The van der Waals surface area contributed by atoms with Crippen molar-refractivity contribution in [3.05, 3.63) is 53.0 Å². The highest BCUT2D eigenvalue weighted by atomic mass is 15.3. The Morgan fingerprint density at radius 1 is 1.16 bits per heavy atom. The molecule has 0 aliphatic rings. The third-order valence-corrected chi connectivity index (χ3v) is 2.96. The monoisotopic (exact) mass is 256 g/mol. The van der Waals surface area contributed by atoms with Gasteiger partial charge in [-0.25, -0.2) is 15.8 Å². The summed E-state index contributed by atoms with van der Waals surface area (Å²) >= 11 is 0. The predicted molar refractivity (Wildman–Crippen MR) is 77.8 cm³/mol. The number of aromatic nitrogens is 2. The van der Waals surface area contributed by atoms with Gasteiger partial charge in [0.05, 0.1) is 0 Å². The highest BCUT2D eigenvalue weighted by Gasteiger charge is 2.05. The van der Waals surface area contributed by atoms with Crippen LogP contribution in [0.1, 0.15) is 36.0 Å². The van der Waals surface area contributed by atoms with Crippen LogP contribution in [0.3, 0.4) is 0 Å². The van der Waals surface area contributed by atoms with Crippen LogP contribution in [0.4, 0.5) is 5.82 Å². The van der Waals surface area contributed by atoms with E-state index in [0.29, 0.717) is 5.82 Å². The fraction of sp³-hybridized carbons (Fsp3) is 0.333. The standard InChI is InChI=1S/C15H20N4/c1-3-4-13-10-15(19-16)18-14(17-13)9-12-7-5-11(2)6-8-12/h5-8,10H,3-4,9,16H2,1-2H3,(H,17,18,19). The number of nitrogen functional groups attached to an aromatic ring is 1. The minimum Gasteiger partial charge on any atom is -0.308 e. The molecule has 0 atom stereocenters. The molecule has 0 fully saturated rings. The predicted octanol–water partition coefficient (Wildman–Crippen LogP) is 2.61. The quantitative estimate of drug-likeness (QED) is 0.637. The van der Waals surface area contributed by atoms with Crippen molar-refractivity contribution in [2.45, 2.75) is 33.1 Å². The number of hydrazine groups is 1. The van der Waals surface area contributed by atoms with Crippen molar-refractivity contribution in [2.75, 3.05) is 5.43 Å². The van der Waals surface area contributed by atoms with Gasteiger partial charge in [-0.05, 0) is 18.9 Å². The third-order valence-electron chi connectivity index (χ3n) is 2.96. The SMILES string of the molecule is CCCc1cc(NN)nc(Cc2ccc(C)cc2)n1. The molecule has 2 rings (SSSR count). The van der Waals surface area contributed by atoms with Gasteiger partial charge in [0, 0.05) is 18.2 Å². The lowest BCUT2D eigenvalue weighted by Gasteiger charge is -2.07. The molecule has 3 N–H and O–H groups in total. The van der Waals surface area contributed by atoms with Crippen LogP contribution >= 0.6 is 0 Å². The van der Waals surface area contributed by atoms with E-state index in [1.165, 1.54) is 11.1 Å². The van der Waals surface area contributed by atoms with E-state index >= 15 is 0 Å². The molecule has 0 aliphatic carbocycles. The van der Waals surface area contributed by atoms with Crippen molar-refractivity contribution in [3.8, 4) is 0 Å². The molecule has 1 aromatic carbocycles. The van der Waals surface area contributed by atoms with Crippen molar-refractivity contribution in [3.63, 3.8) is 0 Å². The van der Waals surface area contributed by atoms with Crippen LogP contribution < -0.4 is 11.3 Å². The van der Waals surface area contributed by atoms with Crippen molar-refractivity contribution < 1.29 is 0 Å². The first-order valence-electron chi connectivity index (χ1n) is 6.60. The second kappa shape index (κ2) is 6.29. The topological polar surface area (TPSA) is 63.8 Å². The summed E-state index contributed by atoms with van der Waals surface area (Å²) in [6, 6.07) is 10.3. The first-order chi connectivity index (χ1) is 9.21. The summed E-state index contributed by atoms with van der Waals surface area (Å²) in [5.74, 6) is 6.95. The Labute approximate surface area is 114 Å². The zero-order valence-electron chi connectivity index (χ0n) is 11.5. The van der Waals surface area contributed by atoms with Crippen molar-refractivity contribution >= 4 is 5.82 Å². The van der Waals surface area contributed by atoms with Crippen molar-refractivity contribution in [1.82, 2.24) is 9.97 Å². The van der Waals surface area contributed by atoms with Crippen LogP contribution in [-0.2, 0) is 12.8 Å². The highest BCUT2D eigenvalue weighted by molar-refractivity contribution is 5.35. The Kier molecular flexibility index (Phi) is 4.47. The van der Waals surface area contributed by atoms with Gasteiger partial charge in [0.2, 0.25) is 0 Å². The van der Waals surface area contributed by atoms with Gasteiger partial charge in [-0.1, -0.05) is 43.2 Å². The Bertz CT molecular complexity index is 534. The molecule has 2 aromatic rings. The van der Waals surface area contributed by atoms with E-state index in [9.17, 15) is 0 Å². The molecule has 0 aliphatic heterocycles. The zero-order valence-corrected chi connectivity index (χ0v) is 11.5. The molecule has 0 bridgehead atoms. The normalized spacial score (nSPS) is 10.5. The van der Waals surface area contributed by atoms with Gasteiger partial charge in [0.1, 0.15) is 11.6 Å². The maximum absolute atomic E-state index is 5.46. The molecule has 0 radical (unpaired) electrons. The summed E-state index contributed by atoms with van der Waals surface area (Å²) in [4.78, 5) is 8.99. The summed E-state index contributed by atoms with van der Waals surface area (Å²) < 4.78 is 0. The van der Waals surface area contributed by atoms with Crippen molar-refractivity contribution in [1.29, 1.82) is 0 Å². The number of nitrogens with one attached hydrogen (secondary N) is 1. The first-order valence-corrected chi connectivity index (χ1v) is 6.60. The molecule has 100 valence electrons. The number of hydrogen-bond acceptors (Lipinski definition) is 4. The van der Waals surface area contributed by atoms with Gasteiger partial charge in [-0.2, -0.15) is 0 Å². The molecular weight excluding hydrogens is 236 g/mol. The molecule has 1 heterocycles. The fourth-order valence-electron chi connectivity index (χ4n) is 1.98. The number of benzene rings is 1. The molecule has 4 heteroatoms. The average molecular weight is 256 g/mol. The lowest BCUT2D eigenvalue weighted by Crippen LogP contribution is -2.12. The zero-order chi connectivity index (χ0) is 13.7. The first kappa shape index (κ1) is 13.5. The molecular formula is C15H20N4. The molecule has 4 nitrogen and oxygen atoms in total. The summed E-state index contributed by atoms with van der Waals surface area (Å²) in [5.41, 5.74) is 6.11. The molecule has 0 spiro atoms. The summed E-state index contributed by atoms with van der Waals surface area (Å²) in [6.45, 7) is 4.22. The van der Waals surface area contributed by atoms with Gasteiger partial charge >= 0.3 is 0 Å². The van der Waals surface area contributed by atoms with Crippen LogP contribution in [0.25, 0.3) is 0 Å². The number of aryl methyl sites for hydroxylation is 2. The minimum absolute atomic E-state index is 0.681. The maximum Gasteiger partial charge on any atom is 0.143 e. The number of anilines is 1. The van der Waals surface area contributed by atoms with Gasteiger partial charge in [0.25, 0.3) is 0 Å². The molecule has 0 saturated heterocycles. The minimum atomic E-state index is 0.681. The van der Waals surface area contributed by atoms with Gasteiger partial charge < -0.3 is 5.43 Å². The van der Waals surface area contributed by atoms with Gasteiger partial charge in [-0.15, -0.1) is 0 Å². The molecule has 19 heavy (non-hydrogen) atoms. The smallest absolute Gasteiger partial charge is 0.143 e. The Balaban J connectivity index is 2.23. The maximum atomic E-state index is 5.46. The lowest BCUT2D eigenvalue weighted by molar-refractivity contribution is 0.842. The van der Waals surface area contributed by atoms with Crippen LogP contribution in [0.15, 0.2) is 30.3 Å². The number of hydrogen-bond donors (Lipinski definition) is 2. The highest BCUT2D eigenvalue weighted by Crippen LogP contribution is 2.12. The number of rotatable bonds is 5. The van der Waals surface area contributed by atoms with Gasteiger partial charge in [0.15, 0.2) is 0 Å². The average Bonchev–Trinajstić information content (AvgIpc) is 2.41. The van der Waals surface area contributed by atoms with Crippen LogP contribution in [0, 0.1) is 6.92 Å². The molecule has 0 amide bonds. The Morgan fingerprint density at radius 2 is 1.89 bits per heavy atom. The van der Waals surface area contributed by atoms with Crippen molar-refractivity contribution in [2.24, 2.45) is 5.84 Å². The van der Waals surface area contributed by atoms with E-state index in [1.807, 2.05) is 6.07 Å². The van der Waals surface area contributed by atoms with E-state index in [1.54, 1.807) is 0 Å². The third kappa shape index (κ3) is 3.76. The Morgan fingerprint density at radius 3 is 2.53 bits per heavy atom. The number of nitrogens with two attached hydrogens (primary N) is 1. The van der Waals surface area contributed by atoms with Crippen LogP contribution in [-0.4, -0.2) is 9.97 Å². The van der Waals surface area contributed by atoms with Crippen LogP contribution in [0.5, 0.6) is 0 Å². The largest absolute Gasteiger partial charge is 0.308 e. The second-order valence-corrected chi connectivity index (χ2v) is 4.72. The molecule has 0 unspecified atom stereocenters. The molecule has 0 saturated carbocycles. The summed E-state index contributed by atoms with van der Waals surface area (Å²) in [5, 5.41) is 0. The molecule has 1 aromatic heterocycles. The van der Waals surface area contributed by atoms with E-state index in [2.05, 4.69) is 53.5 Å². The fourth-order valence-corrected chi connectivity index (χ4v) is 1.98. The summed E-state index contributed by atoms with van der Waals surface area (Å²) in [6.07, 6.45) is 2.73. The Hall–Kier alpha value is -1.94. The van der Waals surface area contributed by atoms with E-state index < -0.39 is 0 Å². The number of nitrogens with zero attached hydrogens (tertiary/aromatic N) is 2. The summed E-state index contributed by atoms with van der Waals surface area (Å²) in [7, 11) is 0. The second-order valence-electron chi connectivity index (χ2n) is 4.72. The van der Waals surface area contributed by atoms with E-state index in [-0.39, 0.29) is 0 Å². The van der Waals surface area contributed by atoms with E-state index in [0.717, 1.165) is 30.8 Å².